The number of halogens is 1. The van der Waals surface area contributed by atoms with Gasteiger partial charge >= 0.3 is 10.2 Å². The maximum atomic E-state index is 13.4. The first kappa shape index (κ1) is 10.6. The summed E-state index contributed by atoms with van der Waals surface area (Å²) in [4.78, 5) is 0. The van der Waals surface area contributed by atoms with E-state index in [2.05, 4.69) is 0 Å². The molecule has 0 heterocycles. The van der Waals surface area contributed by atoms with Crippen LogP contribution in [0.2, 0.25) is 0 Å². The summed E-state index contributed by atoms with van der Waals surface area (Å²) in [6.45, 7) is 0. The minimum absolute atomic E-state index is 0.399. The average molecular weight is 228 g/mol. The van der Waals surface area contributed by atoms with Crippen molar-refractivity contribution in [2.45, 2.75) is 30.4 Å². The Morgan fingerprint density at radius 1 is 1.07 bits per heavy atom. The Bertz CT molecular complexity index is 433. The van der Waals surface area contributed by atoms with Crippen molar-refractivity contribution in [3.63, 3.8) is 0 Å². The molecule has 0 aliphatic heterocycles. The van der Waals surface area contributed by atoms with Gasteiger partial charge in [-0.2, -0.15) is 8.42 Å². The van der Waals surface area contributed by atoms with E-state index in [4.69, 9.17) is 0 Å². The first-order chi connectivity index (χ1) is 7.06. The molecule has 0 unspecified atom stereocenters. The van der Waals surface area contributed by atoms with Crippen molar-refractivity contribution in [3.8, 4) is 0 Å². The van der Waals surface area contributed by atoms with Gasteiger partial charge in [0, 0.05) is 0 Å². The van der Waals surface area contributed by atoms with Crippen LogP contribution in [-0.2, 0) is 15.0 Å². The average Bonchev–Trinajstić information content (AvgIpc) is 2.68. The summed E-state index contributed by atoms with van der Waals surface area (Å²) >= 11 is 0. The van der Waals surface area contributed by atoms with Crippen LogP contribution in [0.4, 0.5) is 3.89 Å². The first-order valence-corrected chi connectivity index (χ1v) is 6.44. The molecule has 1 aromatic carbocycles. The number of benzene rings is 1. The molecule has 0 saturated heterocycles. The van der Waals surface area contributed by atoms with Crippen LogP contribution in [0, 0.1) is 0 Å². The van der Waals surface area contributed by atoms with E-state index in [9.17, 15) is 12.3 Å². The van der Waals surface area contributed by atoms with E-state index in [-0.39, 0.29) is 0 Å². The van der Waals surface area contributed by atoms with Crippen molar-refractivity contribution in [1.82, 2.24) is 0 Å². The molecule has 2 nitrogen and oxygen atoms in total. The van der Waals surface area contributed by atoms with Crippen molar-refractivity contribution < 1.29 is 12.3 Å². The molecule has 0 bridgehead atoms. The number of rotatable bonds is 2. The second-order valence-corrected chi connectivity index (χ2v) is 5.66. The van der Waals surface area contributed by atoms with Gasteiger partial charge in [-0.15, -0.1) is 3.89 Å². The van der Waals surface area contributed by atoms with Crippen LogP contribution in [0.15, 0.2) is 30.3 Å². The Morgan fingerprint density at radius 2 is 1.60 bits per heavy atom. The summed E-state index contributed by atoms with van der Waals surface area (Å²) in [6.07, 6.45) is 2.35. The third-order valence-electron chi connectivity index (χ3n) is 3.18. The summed E-state index contributed by atoms with van der Waals surface area (Å²) in [5.74, 6) is 0. The zero-order chi connectivity index (χ0) is 10.9. The molecule has 1 saturated carbocycles. The Morgan fingerprint density at radius 3 is 2.07 bits per heavy atom. The Labute approximate surface area is 89.3 Å². The SMILES string of the molecule is O=S(=O)(F)C1(c2ccccc2)CCCC1. The van der Waals surface area contributed by atoms with Crippen LogP contribution in [0.25, 0.3) is 0 Å². The standard InChI is InChI=1S/C11H13FO2S/c12-15(13,14)11(8-4-5-9-11)10-6-2-1-3-7-10/h1-3,6-7H,4-5,8-9H2. The van der Waals surface area contributed by atoms with E-state index < -0.39 is 15.0 Å². The van der Waals surface area contributed by atoms with E-state index in [0.29, 0.717) is 18.4 Å². The van der Waals surface area contributed by atoms with Crippen LogP contribution in [-0.4, -0.2) is 8.42 Å². The van der Waals surface area contributed by atoms with Crippen molar-refractivity contribution in [2.75, 3.05) is 0 Å². The molecule has 1 aromatic rings. The maximum Gasteiger partial charge on any atom is 0.312 e. The molecule has 0 atom stereocenters. The molecule has 82 valence electrons. The van der Waals surface area contributed by atoms with Gasteiger partial charge in [-0.3, -0.25) is 0 Å². The lowest BCUT2D eigenvalue weighted by atomic mass is 9.97. The molecule has 0 amide bonds. The smallest absolute Gasteiger partial charge is 0.194 e. The molecule has 1 fully saturated rings. The lowest BCUT2D eigenvalue weighted by Gasteiger charge is -2.24. The topological polar surface area (TPSA) is 34.1 Å². The summed E-state index contributed by atoms with van der Waals surface area (Å²) in [7, 11) is -4.52. The lowest BCUT2D eigenvalue weighted by molar-refractivity contribution is 0.481. The van der Waals surface area contributed by atoms with Crippen molar-refractivity contribution in [1.29, 1.82) is 0 Å². The minimum Gasteiger partial charge on any atom is -0.194 e. The molecule has 1 aliphatic rings. The highest BCUT2D eigenvalue weighted by atomic mass is 32.3. The van der Waals surface area contributed by atoms with Crippen LogP contribution in [0.3, 0.4) is 0 Å². The Kier molecular flexibility index (Phi) is 2.54. The predicted octanol–water partition coefficient (Wildman–Crippen LogP) is 2.76. The van der Waals surface area contributed by atoms with E-state index >= 15 is 0 Å². The number of hydrogen-bond donors (Lipinski definition) is 0. The van der Waals surface area contributed by atoms with E-state index in [0.717, 1.165) is 12.8 Å². The summed E-state index contributed by atoms with van der Waals surface area (Å²) in [6, 6.07) is 8.70. The molecule has 0 spiro atoms. The highest BCUT2D eigenvalue weighted by Gasteiger charge is 2.47. The van der Waals surface area contributed by atoms with Crippen molar-refractivity contribution in [3.05, 3.63) is 35.9 Å². The summed E-state index contributed by atoms with van der Waals surface area (Å²) in [5.41, 5.74) is 0.588. The number of hydrogen-bond acceptors (Lipinski definition) is 2. The fourth-order valence-corrected chi connectivity index (χ4v) is 3.56. The van der Waals surface area contributed by atoms with Gasteiger partial charge in [0.15, 0.2) is 0 Å². The maximum absolute atomic E-state index is 13.4. The van der Waals surface area contributed by atoms with Gasteiger partial charge in [-0.25, -0.2) is 0 Å². The molecular weight excluding hydrogens is 215 g/mol. The first-order valence-electron chi connectivity index (χ1n) is 5.06. The summed E-state index contributed by atoms with van der Waals surface area (Å²) in [5, 5.41) is 0. The van der Waals surface area contributed by atoms with Crippen LogP contribution in [0.1, 0.15) is 31.2 Å². The molecular formula is C11H13FO2S. The third-order valence-corrected chi connectivity index (χ3v) is 4.76. The van der Waals surface area contributed by atoms with Crippen LogP contribution < -0.4 is 0 Å². The lowest BCUT2D eigenvalue weighted by Crippen LogP contribution is -2.29. The second-order valence-electron chi connectivity index (χ2n) is 4.01. The molecule has 4 heteroatoms. The zero-order valence-corrected chi connectivity index (χ0v) is 9.13. The minimum atomic E-state index is -4.52. The Hall–Kier alpha value is -0.900. The molecule has 1 aliphatic carbocycles. The molecule has 0 N–H and O–H groups in total. The van der Waals surface area contributed by atoms with E-state index in [1.807, 2.05) is 0 Å². The van der Waals surface area contributed by atoms with Gasteiger partial charge in [0.2, 0.25) is 0 Å². The van der Waals surface area contributed by atoms with Gasteiger partial charge in [0.25, 0.3) is 0 Å². The van der Waals surface area contributed by atoms with Crippen LogP contribution >= 0.6 is 0 Å². The van der Waals surface area contributed by atoms with Crippen molar-refractivity contribution >= 4 is 10.2 Å². The highest BCUT2D eigenvalue weighted by Crippen LogP contribution is 2.46. The zero-order valence-electron chi connectivity index (χ0n) is 8.32. The summed E-state index contributed by atoms with van der Waals surface area (Å²) < 4.78 is 34.7. The predicted molar refractivity (Wildman–Crippen MR) is 56.6 cm³/mol. The molecule has 15 heavy (non-hydrogen) atoms. The second kappa shape index (κ2) is 3.59. The van der Waals surface area contributed by atoms with Gasteiger partial charge in [-0.05, 0) is 18.4 Å². The van der Waals surface area contributed by atoms with E-state index in [1.54, 1.807) is 30.3 Å². The van der Waals surface area contributed by atoms with Gasteiger partial charge in [0.1, 0.15) is 4.75 Å². The fourth-order valence-electron chi connectivity index (χ4n) is 2.36. The molecule has 0 radical (unpaired) electrons. The third kappa shape index (κ3) is 1.67. The fraction of sp³-hybridized carbons (Fsp3) is 0.455. The largest absolute Gasteiger partial charge is 0.312 e. The van der Waals surface area contributed by atoms with Crippen molar-refractivity contribution in [2.24, 2.45) is 0 Å². The molecule has 0 aromatic heterocycles. The normalized spacial score (nSPS) is 20.3. The highest BCUT2D eigenvalue weighted by molar-refractivity contribution is 7.87. The van der Waals surface area contributed by atoms with E-state index in [1.165, 1.54) is 0 Å². The van der Waals surface area contributed by atoms with Gasteiger partial charge in [-0.1, -0.05) is 43.2 Å². The quantitative estimate of drug-likeness (QED) is 0.729. The Balaban J connectivity index is 2.54. The van der Waals surface area contributed by atoms with Gasteiger partial charge in [0.05, 0.1) is 0 Å². The van der Waals surface area contributed by atoms with Gasteiger partial charge < -0.3 is 0 Å². The monoisotopic (exact) mass is 228 g/mol. The van der Waals surface area contributed by atoms with Crippen LogP contribution in [0.5, 0.6) is 0 Å². The molecule has 2 rings (SSSR count).